The predicted octanol–water partition coefficient (Wildman–Crippen LogP) is 1.26. The first-order valence-corrected chi connectivity index (χ1v) is 4.26. The second kappa shape index (κ2) is 4.10. The summed E-state index contributed by atoms with van der Waals surface area (Å²) in [5, 5.41) is 18.4. The predicted molar refractivity (Wildman–Crippen MR) is 44.4 cm³/mol. The second-order valence-electron chi connectivity index (χ2n) is 2.88. The summed E-state index contributed by atoms with van der Waals surface area (Å²) in [5.41, 5.74) is 0.900. The van der Waals surface area contributed by atoms with Crippen LogP contribution in [0.1, 0.15) is 19.3 Å². The van der Waals surface area contributed by atoms with Gasteiger partial charge in [-0.3, -0.25) is 0 Å². The number of aliphatic hydroxyl groups is 2. The van der Waals surface area contributed by atoms with E-state index in [0.29, 0.717) is 5.03 Å². The molecule has 2 nitrogen and oxygen atoms in total. The van der Waals surface area contributed by atoms with Gasteiger partial charge in [-0.25, -0.2) is 0 Å². The molecule has 0 saturated heterocycles. The maximum absolute atomic E-state index is 8.87. The SMILES string of the molecule is OCC1=C(Cl)C(CO)CCC1. The van der Waals surface area contributed by atoms with Crippen molar-refractivity contribution in [2.75, 3.05) is 13.2 Å². The van der Waals surface area contributed by atoms with Crippen LogP contribution in [0.25, 0.3) is 0 Å². The molecule has 0 saturated carbocycles. The van der Waals surface area contributed by atoms with Crippen molar-refractivity contribution >= 4 is 11.6 Å². The van der Waals surface area contributed by atoms with Crippen LogP contribution in [-0.2, 0) is 0 Å². The summed E-state index contributed by atoms with van der Waals surface area (Å²) >= 11 is 5.91. The summed E-state index contributed by atoms with van der Waals surface area (Å²) in [6.45, 7) is 0.137. The molecule has 0 aromatic rings. The molecule has 0 heterocycles. The van der Waals surface area contributed by atoms with E-state index in [0.717, 1.165) is 24.8 Å². The van der Waals surface area contributed by atoms with Crippen LogP contribution in [0.3, 0.4) is 0 Å². The van der Waals surface area contributed by atoms with Crippen molar-refractivity contribution in [2.24, 2.45) is 5.92 Å². The van der Waals surface area contributed by atoms with Crippen LogP contribution < -0.4 is 0 Å². The van der Waals surface area contributed by atoms with Gasteiger partial charge in [0.2, 0.25) is 0 Å². The van der Waals surface area contributed by atoms with Gasteiger partial charge in [0.1, 0.15) is 0 Å². The Kier molecular flexibility index (Phi) is 3.37. The van der Waals surface area contributed by atoms with E-state index in [9.17, 15) is 0 Å². The molecular formula is C8H13ClO2. The van der Waals surface area contributed by atoms with Gasteiger partial charge in [-0.15, -0.1) is 0 Å². The first-order chi connectivity index (χ1) is 5.29. The topological polar surface area (TPSA) is 40.5 Å². The van der Waals surface area contributed by atoms with Gasteiger partial charge < -0.3 is 10.2 Å². The summed E-state index contributed by atoms with van der Waals surface area (Å²) in [6.07, 6.45) is 2.85. The molecule has 1 atom stereocenters. The third-order valence-electron chi connectivity index (χ3n) is 2.14. The van der Waals surface area contributed by atoms with Gasteiger partial charge in [0, 0.05) is 11.0 Å². The molecule has 0 spiro atoms. The Balaban J connectivity index is 2.71. The molecule has 0 fully saturated rings. The fraction of sp³-hybridized carbons (Fsp3) is 0.750. The van der Waals surface area contributed by atoms with Crippen LogP contribution in [0.15, 0.2) is 10.6 Å². The minimum Gasteiger partial charge on any atom is -0.396 e. The minimum atomic E-state index is 0.0370. The zero-order valence-corrected chi connectivity index (χ0v) is 7.14. The number of halogens is 1. The molecule has 0 bridgehead atoms. The highest BCUT2D eigenvalue weighted by molar-refractivity contribution is 6.30. The highest BCUT2D eigenvalue weighted by Crippen LogP contribution is 2.31. The molecule has 3 heteroatoms. The maximum atomic E-state index is 8.87. The van der Waals surface area contributed by atoms with E-state index in [4.69, 9.17) is 21.8 Å². The van der Waals surface area contributed by atoms with Crippen LogP contribution in [0.2, 0.25) is 0 Å². The van der Waals surface area contributed by atoms with Gasteiger partial charge >= 0.3 is 0 Å². The quantitative estimate of drug-likeness (QED) is 0.665. The summed E-state index contributed by atoms with van der Waals surface area (Å²) in [4.78, 5) is 0. The Morgan fingerprint density at radius 1 is 1.45 bits per heavy atom. The molecule has 0 aliphatic heterocycles. The first kappa shape index (κ1) is 9.04. The van der Waals surface area contributed by atoms with Crippen LogP contribution >= 0.6 is 11.6 Å². The lowest BCUT2D eigenvalue weighted by Crippen LogP contribution is -2.14. The maximum Gasteiger partial charge on any atom is 0.0656 e. The fourth-order valence-corrected chi connectivity index (χ4v) is 1.76. The summed E-state index contributed by atoms with van der Waals surface area (Å²) in [5.74, 6) is 0.0765. The molecule has 2 N–H and O–H groups in total. The first-order valence-electron chi connectivity index (χ1n) is 3.88. The molecule has 1 rings (SSSR count). The van der Waals surface area contributed by atoms with E-state index in [2.05, 4.69) is 0 Å². The van der Waals surface area contributed by atoms with Crippen molar-refractivity contribution in [3.63, 3.8) is 0 Å². The van der Waals surface area contributed by atoms with Gasteiger partial charge in [-0.2, -0.15) is 0 Å². The van der Waals surface area contributed by atoms with E-state index in [1.54, 1.807) is 0 Å². The Morgan fingerprint density at radius 2 is 2.18 bits per heavy atom. The Morgan fingerprint density at radius 3 is 2.73 bits per heavy atom. The highest BCUT2D eigenvalue weighted by Gasteiger charge is 2.19. The third-order valence-corrected chi connectivity index (χ3v) is 2.71. The smallest absolute Gasteiger partial charge is 0.0656 e. The van der Waals surface area contributed by atoms with Crippen LogP contribution in [0, 0.1) is 5.92 Å². The van der Waals surface area contributed by atoms with Crippen molar-refractivity contribution in [2.45, 2.75) is 19.3 Å². The molecule has 0 amide bonds. The standard InChI is InChI=1S/C8H13ClO2/c9-8-6(4-10)2-1-3-7(8)5-11/h6,10-11H,1-5H2. The van der Waals surface area contributed by atoms with Gasteiger partial charge in [0.15, 0.2) is 0 Å². The lowest BCUT2D eigenvalue weighted by molar-refractivity contribution is 0.232. The minimum absolute atomic E-state index is 0.0370. The largest absolute Gasteiger partial charge is 0.396 e. The normalized spacial score (nSPS) is 25.9. The van der Waals surface area contributed by atoms with Crippen molar-refractivity contribution < 1.29 is 10.2 Å². The van der Waals surface area contributed by atoms with E-state index < -0.39 is 0 Å². The summed E-state index contributed by atoms with van der Waals surface area (Å²) in [7, 11) is 0. The van der Waals surface area contributed by atoms with Crippen LogP contribution in [0.4, 0.5) is 0 Å². The van der Waals surface area contributed by atoms with Gasteiger partial charge in [-0.05, 0) is 24.8 Å². The zero-order valence-electron chi connectivity index (χ0n) is 6.39. The van der Waals surface area contributed by atoms with Crippen molar-refractivity contribution in [1.82, 2.24) is 0 Å². The second-order valence-corrected chi connectivity index (χ2v) is 3.29. The van der Waals surface area contributed by atoms with E-state index in [-0.39, 0.29) is 19.1 Å². The van der Waals surface area contributed by atoms with Crippen LogP contribution in [0.5, 0.6) is 0 Å². The zero-order chi connectivity index (χ0) is 8.27. The molecule has 64 valence electrons. The van der Waals surface area contributed by atoms with E-state index in [1.165, 1.54) is 0 Å². The molecule has 11 heavy (non-hydrogen) atoms. The Labute approximate surface area is 71.5 Å². The van der Waals surface area contributed by atoms with E-state index >= 15 is 0 Å². The number of rotatable bonds is 2. The molecular weight excluding hydrogens is 164 g/mol. The highest BCUT2D eigenvalue weighted by atomic mass is 35.5. The Hall–Kier alpha value is -0.0500. The van der Waals surface area contributed by atoms with Gasteiger partial charge in [0.25, 0.3) is 0 Å². The Bertz CT molecular complexity index is 165. The summed E-state index contributed by atoms with van der Waals surface area (Å²) < 4.78 is 0. The van der Waals surface area contributed by atoms with Crippen molar-refractivity contribution in [3.05, 3.63) is 10.6 Å². The number of hydrogen-bond donors (Lipinski definition) is 2. The van der Waals surface area contributed by atoms with Crippen LogP contribution in [-0.4, -0.2) is 23.4 Å². The summed E-state index contributed by atoms with van der Waals surface area (Å²) in [6, 6.07) is 0. The average Bonchev–Trinajstić information content (AvgIpc) is 2.05. The molecule has 1 aliphatic rings. The van der Waals surface area contributed by atoms with Gasteiger partial charge in [-0.1, -0.05) is 11.6 Å². The molecule has 0 aromatic carbocycles. The molecule has 1 aliphatic carbocycles. The average molecular weight is 177 g/mol. The number of aliphatic hydroxyl groups excluding tert-OH is 2. The fourth-order valence-electron chi connectivity index (χ4n) is 1.42. The van der Waals surface area contributed by atoms with Crippen molar-refractivity contribution in [1.29, 1.82) is 0 Å². The lowest BCUT2D eigenvalue weighted by atomic mass is 9.91. The van der Waals surface area contributed by atoms with Crippen molar-refractivity contribution in [3.8, 4) is 0 Å². The third kappa shape index (κ3) is 1.95. The van der Waals surface area contributed by atoms with E-state index in [1.807, 2.05) is 0 Å². The molecule has 0 radical (unpaired) electrons. The van der Waals surface area contributed by atoms with Gasteiger partial charge in [0.05, 0.1) is 13.2 Å². The number of hydrogen-bond acceptors (Lipinski definition) is 2. The molecule has 0 aromatic heterocycles. The lowest BCUT2D eigenvalue weighted by Gasteiger charge is -2.21. The monoisotopic (exact) mass is 176 g/mol. The molecule has 1 unspecified atom stereocenters.